The summed E-state index contributed by atoms with van der Waals surface area (Å²) in [4.78, 5) is 5.66. The van der Waals surface area contributed by atoms with Crippen molar-refractivity contribution >= 4 is 10.9 Å². The van der Waals surface area contributed by atoms with E-state index in [-0.39, 0.29) is 0 Å². The van der Waals surface area contributed by atoms with Crippen molar-refractivity contribution < 1.29 is 0 Å². The van der Waals surface area contributed by atoms with E-state index in [2.05, 4.69) is 53.6 Å². The Kier molecular flexibility index (Phi) is 3.33. The van der Waals surface area contributed by atoms with Crippen molar-refractivity contribution in [1.82, 2.24) is 15.2 Å². The predicted molar refractivity (Wildman–Crippen MR) is 80.3 cm³/mol. The number of fused-ring (bicyclic) bond motifs is 1. The van der Waals surface area contributed by atoms with Gasteiger partial charge in [0.1, 0.15) is 0 Å². The number of aromatic amines is 1. The number of benzene rings is 1. The monoisotopic (exact) mass is 257 g/mol. The molecule has 0 unspecified atom stereocenters. The van der Waals surface area contributed by atoms with Crippen LogP contribution >= 0.6 is 0 Å². The summed E-state index contributed by atoms with van der Waals surface area (Å²) in [5.74, 6) is 0. The minimum absolute atomic E-state index is 0.399. The number of hydrogen-bond donors (Lipinski definition) is 2. The maximum Gasteiger partial charge on any atom is 0.0457 e. The molecule has 3 rings (SSSR count). The lowest BCUT2D eigenvalue weighted by molar-refractivity contribution is 0.0598. The summed E-state index contributed by atoms with van der Waals surface area (Å²) < 4.78 is 0. The molecule has 102 valence electrons. The molecular formula is C16H23N3. The fraction of sp³-hybridized carbons (Fsp3) is 0.500. The van der Waals surface area contributed by atoms with Crippen LogP contribution in [-0.2, 0) is 6.54 Å². The molecule has 0 aliphatic heterocycles. The molecular weight excluding hydrogens is 234 g/mol. The molecule has 19 heavy (non-hydrogen) atoms. The third kappa shape index (κ3) is 2.40. The van der Waals surface area contributed by atoms with Crippen LogP contribution in [-0.4, -0.2) is 36.1 Å². The van der Waals surface area contributed by atoms with Crippen LogP contribution in [0.3, 0.4) is 0 Å². The zero-order valence-corrected chi connectivity index (χ0v) is 11.9. The molecule has 0 bridgehead atoms. The van der Waals surface area contributed by atoms with Gasteiger partial charge in [0.2, 0.25) is 0 Å². The Morgan fingerprint density at radius 2 is 2.11 bits per heavy atom. The largest absolute Gasteiger partial charge is 0.361 e. The number of aromatic nitrogens is 1. The molecule has 1 aliphatic carbocycles. The summed E-state index contributed by atoms with van der Waals surface area (Å²) in [6.45, 7) is 2.04. The van der Waals surface area contributed by atoms with E-state index in [9.17, 15) is 0 Å². The average Bonchev–Trinajstić information content (AvgIpc) is 2.79. The number of nitrogens with one attached hydrogen (secondary N) is 2. The molecule has 1 saturated carbocycles. The van der Waals surface area contributed by atoms with Gasteiger partial charge in [-0.05, 0) is 56.4 Å². The molecule has 3 heteroatoms. The highest BCUT2D eigenvalue weighted by atomic mass is 15.2. The fourth-order valence-electron chi connectivity index (χ4n) is 3.01. The Morgan fingerprint density at radius 1 is 1.26 bits per heavy atom. The van der Waals surface area contributed by atoms with Gasteiger partial charge in [-0.1, -0.05) is 12.1 Å². The van der Waals surface area contributed by atoms with Crippen LogP contribution in [0.15, 0.2) is 30.5 Å². The van der Waals surface area contributed by atoms with Crippen LogP contribution in [0.1, 0.15) is 24.8 Å². The molecule has 0 amide bonds. The Morgan fingerprint density at radius 3 is 2.79 bits per heavy atom. The number of nitrogens with zero attached hydrogens (tertiary/aromatic N) is 1. The third-order valence-corrected chi connectivity index (χ3v) is 4.64. The van der Waals surface area contributed by atoms with Gasteiger partial charge < -0.3 is 15.2 Å². The van der Waals surface area contributed by atoms with E-state index in [1.807, 2.05) is 6.20 Å². The van der Waals surface area contributed by atoms with Crippen LogP contribution in [0.4, 0.5) is 0 Å². The van der Waals surface area contributed by atoms with E-state index in [1.54, 1.807) is 0 Å². The second kappa shape index (κ2) is 4.99. The van der Waals surface area contributed by atoms with Crippen LogP contribution in [0.5, 0.6) is 0 Å². The lowest BCUT2D eigenvalue weighted by Crippen LogP contribution is -2.56. The molecule has 1 heterocycles. The molecule has 1 fully saturated rings. The lowest BCUT2D eigenvalue weighted by Gasteiger charge is -2.47. The van der Waals surface area contributed by atoms with E-state index < -0.39 is 0 Å². The van der Waals surface area contributed by atoms with Crippen LogP contribution in [0.25, 0.3) is 10.9 Å². The Bertz CT molecular complexity index is 552. The lowest BCUT2D eigenvalue weighted by atomic mass is 9.75. The van der Waals surface area contributed by atoms with E-state index in [1.165, 1.54) is 35.7 Å². The normalized spacial score (nSPS) is 17.8. The summed E-state index contributed by atoms with van der Waals surface area (Å²) in [5.41, 5.74) is 2.98. The summed E-state index contributed by atoms with van der Waals surface area (Å²) in [7, 11) is 4.40. The van der Waals surface area contributed by atoms with E-state index in [4.69, 9.17) is 0 Å². The molecule has 0 spiro atoms. The van der Waals surface area contributed by atoms with Gasteiger partial charge in [0.25, 0.3) is 0 Å². The number of likely N-dealkylation sites (N-methyl/N-ethyl adjacent to an activating group) is 1. The first-order valence-corrected chi connectivity index (χ1v) is 7.14. The number of hydrogen-bond acceptors (Lipinski definition) is 2. The second-order valence-corrected chi connectivity index (χ2v) is 5.98. The highest BCUT2D eigenvalue weighted by Crippen LogP contribution is 2.35. The van der Waals surface area contributed by atoms with E-state index in [0.29, 0.717) is 5.54 Å². The van der Waals surface area contributed by atoms with Gasteiger partial charge in [0, 0.05) is 30.3 Å². The smallest absolute Gasteiger partial charge is 0.0457 e. The Balaban J connectivity index is 1.60. The highest BCUT2D eigenvalue weighted by Gasteiger charge is 2.38. The highest BCUT2D eigenvalue weighted by molar-refractivity contribution is 5.79. The molecule has 0 saturated heterocycles. The van der Waals surface area contributed by atoms with Crippen molar-refractivity contribution in [3.05, 3.63) is 36.0 Å². The standard InChI is InChI=1S/C16H23N3/c1-19(2)16(7-3-8-16)12-17-11-13-4-5-14-6-9-18-15(14)10-13/h4-6,9-10,17-18H,3,7-8,11-12H2,1-2H3. The summed E-state index contributed by atoms with van der Waals surface area (Å²) in [6, 6.07) is 8.76. The first kappa shape index (κ1) is 12.7. The minimum atomic E-state index is 0.399. The van der Waals surface area contributed by atoms with Crippen molar-refractivity contribution in [3.63, 3.8) is 0 Å². The molecule has 3 nitrogen and oxygen atoms in total. The summed E-state index contributed by atoms with van der Waals surface area (Å²) >= 11 is 0. The van der Waals surface area contributed by atoms with Gasteiger partial charge >= 0.3 is 0 Å². The Hall–Kier alpha value is -1.32. The van der Waals surface area contributed by atoms with E-state index >= 15 is 0 Å². The topological polar surface area (TPSA) is 31.1 Å². The maximum atomic E-state index is 3.63. The Labute approximate surface area is 115 Å². The SMILES string of the molecule is CN(C)C1(CNCc2ccc3cc[nH]c3c2)CCC1. The van der Waals surface area contributed by atoms with E-state index in [0.717, 1.165) is 13.1 Å². The summed E-state index contributed by atoms with van der Waals surface area (Å²) in [6.07, 6.45) is 6.01. The number of rotatable bonds is 5. The van der Waals surface area contributed by atoms with Gasteiger partial charge in [-0.3, -0.25) is 0 Å². The quantitative estimate of drug-likeness (QED) is 0.863. The zero-order chi connectivity index (χ0) is 13.3. The average molecular weight is 257 g/mol. The molecule has 2 aromatic rings. The molecule has 1 aliphatic rings. The first-order valence-electron chi connectivity index (χ1n) is 7.14. The van der Waals surface area contributed by atoms with Gasteiger partial charge in [-0.2, -0.15) is 0 Å². The van der Waals surface area contributed by atoms with Gasteiger partial charge in [0.15, 0.2) is 0 Å². The molecule has 0 atom stereocenters. The van der Waals surface area contributed by atoms with Crippen molar-refractivity contribution in [2.45, 2.75) is 31.3 Å². The fourth-order valence-corrected chi connectivity index (χ4v) is 3.01. The minimum Gasteiger partial charge on any atom is -0.361 e. The molecule has 0 radical (unpaired) electrons. The van der Waals surface area contributed by atoms with Crippen molar-refractivity contribution in [1.29, 1.82) is 0 Å². The molecule has 2 N–H and O–H groups in total. The first-order chi connectivity index (χ1) is 9.20. The second-order valence-electron chi connectivity index (χ2n) is 5.98. The van der Waals surface area contributed by atoms with Crippen molar-refractivity contribution in [3.8, 4) is 0 Å². The molecule has 1 aromatic carbocycles. The zero-order valence-electron chi connectivity index (χ0n) is 11.9. The van der Waals surface area contributed by atoms with Crippen LogP contribution in [0, 0.1) is 0 Å². The number of H-pyrrole nitrogens is 1. The maximum absolute atomic E-state index is 3.63. The van der Waals surface area contributed by atoms with Crippen LogP contribution < -0.4 is 5.32 Å². The van der Waals surface area contributed by atoms with Gasteiger partial charge in [0.05, 0.1) is 0 Å². The van der Waals surface area contributed by atoms with Gasteiger partial charge in [-0.15, -0.1) is 0 Å². The van der Waals surface area contributed by atoms with Crippen molar-refractivity contribution in [2.24, 2.45) is 0 Å². The third-order valence-electron chi connectivity index (χ3n) is 4.64. The van der Waals surface area contributed by atoms with Gasteiger partial charge in [-0.25, -0.2) is 0 Å². The predicted octanol–water partition coefficient (Wildman–Crippen LogP) is 2.74. The van der Waals surface area contributed by atoms with Crippen molar-refractivity contribution in [2.75, 3.05) is 20.6 Å². The van der Waals surface area contributed by atoms with Crippen LogP contribution in [0.2, 0.25) is 0 Å². The summed E-state index contributed by atoms with van der Waals surface area (Å²) in [5, 5.41) is 4.91. The molecule has 1 aromatic heterocycles.